The molecule has 5 nitrogen and oxygen atoms in total. The molecule has 0 aliphatic carbocycles. The van der Waals surface area contributed by atoms with Gasteiger partial charge in [-0.3, -0.25) is 9.52 Å². The van der Waals surface area contributed by atoms with E-state index in [1.807, 2.05) is 6.92 Å². The van der Waals surface area contributed by atoms with Crippen molar-refractivity contribution < 1.29 is 13.2 Å². The zero-order valence-electron chi connectivity index (χ0n) is 13.3. The first kappa shape index (κ1) is 17.0. The number of aryl methyl sites for hydroxylation is 1. The van der Waals surface area contributed by atoms with Gasteiger partial charge < -0.3 is 5.32 Å². The fourth-order valence-electron chi connectivity index (χ4n) is 1.84. The van der Waals surface area contributed by atoms with E-state index in [4.69, 9.17) is 0 Å². The lowest BCUT2D eigenvalue weighted by atomic mass is 10.2. The first-order valence-electron chi connectivity index (χ1n) is 7.28. The highest BCUT2D eigenvalue weighted by molar-refractivity contribution is 7.92. The molecule has 0 aliphatic rings. The van der Waals surface area contributed by atoms with Crippen LogP contribution in [-0.2, 0) is 14.8 Å². The number of carbonyl (C=O) groups excluding carboxylic acids is 1. The van der Waals surface area contributed by atoms with Crippen molar-refractivity contribution in [1.82, 2.24) is 0 Å². The summed E-state index contributed by atoms with van der Waals surface area (Å²) in [6.07, 6.45) is 0. The van der Waals surface area contributed by atoms with E-state index in [9.17, 15) is 13.2 Å². The molecular formula is C17H20N2O3S. The van der Waals surface area contributed by atoms with Crippen molar-refractivity contribution in [2.24, 2.45) is 5.92 Å². The lowest BCUT2D eigenvalue weighted by Crippen LogP contribution is -2.17. The molecule has 2 rings (SSSR count). The topological polar surface area (TPSA) is 75.3 Å². The molecule has 0 spiro atoms. The van der Waals surface area contributed by atoms with Gasteiger partial charge in [0, 0.05) is 17.3 Å². The number of anilines is 2. The van der Waals surface area contributed by atoms with Crippen LogP contribution in [0.4, 0.5) is 11.4 Å². The standard InChI is InChI=1S/C17H20N2O3S/c1-12(2)17(20)18-14-6-8-15(9-7-14)19-23(21,22)16-10-4-13(3)5-11-16/h4-12,19H,1-3H3,(H,18,20). The maximum Gasteiger partial charge on any atom is 0.261 e. The summed E-state index contributed by atoms with van der Waals surface area (Å²) in [6, 6.07) is 13.2. The lowest BCUT2D eigenvalue weighted by molar-refractivity contribution is -0.118. The molecule has 6 heteroatoms. The molecule has 0 aliphatic heterocycles. The molecule has 0 radical (unpaired) electrons. The predicted octanol–water partition coefficient (Wildman–Crippen LogP) is 3.39. The number of carbonyl (C=O) groups is 1. The zero-order chi connectivity index (χ0) is 17.0. The van der Waals surface area contributed by atoms with Crippen molar-refractivity contribution in [3.05, 3.63) is 54.1 Å². The van der Waals surface area contributed by atoms with E-state index < -0.39 is 10.0 Å². The lowest BCUT2D eigenvalue weighted by Gasteiger charge is -2.10. The van der Waals surface area contributed by atoms with Gasteiger partial charge in [0.25, 0.3) is 10.0 Å². The smallest absolute Gasteiger partial charge is 0.261 e. The molecular weight excluding hydrogens is 312 g/mol. The highest BCUT2D eigenvalue weighted by Gasteiger charge is 2.14. The van der Waals surface area contributed by atoms with Crippen molar-refractivity contribution in [1.29, 1.82) is 0 Å². The van der Waals surface area contributed by atoms with E-state index in [1.54, 1.807) is 62.4 Å². The van der Waals surface area contributed by atoms with Crippen LogP contribution >= 0.6 is 0 Å². The van der Waals surface area contributed by atoms with Gasteiger partial charge in [0.2, 0.25) is 5.91 Å². The summed E-state index contributed by atoms with van der Waals surface area (Å²) in [7, 11) is -3.62. The van der Waals surface area contributed by atoms with Crippen LogP contribution in [0, 0.1) is 12.8 Å². The Kier molecular flexibility index (Phi) is 5.05. The van der Waals surface area contributed by atoms with Gasteiger partial charge in [-0.2, -0.15) is 0 Å². The van der Waals surface area contributed by atoms with Gasteiger partial charge in [-0.05, 0) is 43.3 Å². The van der Waals surface area contributed by atoms with Crippen molar-refractivity contribution in [2.45, 2.75) is 25.7 Å². The fraction of sp³-hybridized carbons (Fsp3) is 0.235. The van der Waals surface area contributed by atoms with Gasteiger partial charge in [0.05, 0.1) is 4.90 Å². The van der Waals surface area contributed by atoms with Gasteiger partial charge in [-0.1, -0.05) is 31.5 Å². The number of sulfonamides is 1. The Morgan fingerprint density at radius 3 is 1.96 bits per heavy atom. The monoisotopic (exact) mass is 332 g/mol. The summed E-state index contributed by atoms with van der Waals surface area (Å²) in [5.41, 5.74) is 2.06. The summed E-state index contributed by atoms with van der Waals surface area (Å²) in [4.78, 5) is 11.8. The molecule has 0 aromatic heterocycles. The Labute approximate surface area is 136 Å². The predicted molar refractivity (Wildman–Crippen MR) is 91.9 cm³/mol. The summed E-state index contributed by atoms with van der Waals surface area (Å²) in [6.45, 7) is 5.51. The van der Waals surface area contributed by atoms with Crippen LogP contribution in [0.1, 0.15) is 19.4 Å². The Morgan fingerprint density at radius 2 is 1.43 bits per heavy atom. The van der Waals surface area contributed by atoms with E-state index in [2.05, 4.69) is 10.0 Å². The molecule has 1 amide bonds. The normalized spacial score (nSPS) is 11.3. The minimum Gasteiger partial charge on any atom is -0.326 e. The third-order valence-electron chi connectivity index (χ3n) is 3.26. The minimum atomic E-state index is -3.62. The third-order valence-corrected chi connectivity index (χ3v) is 4.66. The van der Waals surface area contributed by atoms with Crippen molar-refractivity contribution >= 4 is 27.3 Å². The van der Waals surface area contributed by atoms with Crippen LogP contribution in [0.15, 0.2) is 53.4 Å². The molecule has 23 heavy (non-hydrogen) atoms. The van der Waals surface area contributed by atoms with Crippen LogP contribution in [-0.4, -0.2) is 14.3 Å². The van der Waals surface area contributed by atoms with Crippen LogP contribution in [0.5, 0.6) is 0 Å². The van der Waals surface area contributed by atoms with Crippen LogP contribution in [0.2, 0.25) is 0 Å². The first-order chi connectivity index (χ1) is 10.8. The van der Waals surface area contributed by atoms with Gasteiger partial charge in [-0.15, -0.1) is 0 Å². The number of amides is 1. The Morgan fingerprint density at radius 1 is 0.913 bits per heavy atom. The quantitative estimate of drug-likeness (QED) is 0.881. The fourth-order valence-corrected chi connectivity index (χ4v) is 2.90. The second-order valence-electron chi connectivity index (χ2n) is 5.64. The molecule has 2 aromatic rings. The highest BCUT2D eigenvalue weighted by Crippen LogP contribution is 2.19. The van der Waals surface area contributed by atoms with Crippen LogP contribution < -0.4 is 10.0 Å². The minimum absolute atomic E-state index is 0.0852. The molecule has 0 atom stereocenters. The molecule has 0 heterocycles. The average Bonchev–Trinajstić information content (AvgIpc) is 2.49. The molecule has 0 fully saturated rings. The van der Waals surface area contributed by atoms with Gasteiger partial charge >= 0.3 is 0 Å². The van der Waals surface area contributed by atoms with Crippen molar-refractivity contribution in [3.63, 3.8) is 0 Å². The maximum absolute atomic E-state index is 12.3. The Balaban J connectivity index is 2.11. The molecule has 2 N–H and O–H groups in total. The Hall–Kier alpha value is -2.34. The number of hydrogen-bond acceptors (Lipinski definition) is 3. The van der Waals surface area contributed by atoms with Crippen molar-refractivity contribution in [2.75, 3.05) is 10.0 Å². The summed E-state index contributed by atoms with van der Waals surface area (Å²) in [5, 5.41) is 2.75. The number of nitrogens with one attached hydrogen (secondary N) is 2. The van der Waals surface area contributed by atoms with Gasteiger partial charge in [0.15, 0.2) is 0 Å². The Bertz CT molecular complexity index is 780. The van der Waals surface area contributed by atoms with Crippen LogP contribution in [0.3, 0.4) is 0 Å². The van der Waals surface area contributed by atoms with E-state index in [0.29, 0.717) is 11.4 Å². The summed E-state index contributed by atoms with van der Waals surface area (Å²) < 4.78 is 27.1. The first-order valence-corrected chi connectivity index (χ1v) is 8.76. The zero-order valence-corrected chi connectivity index (χ0v) is 14.1. The molecule has 2 aromatic carbocycles. The van der Waals surface area contributed by atoms with Crippen LogP contribution in [0.25, 0.3) is 0 Å². The van der Waals surface area contributed by atoms with E-state index in [-0.39, 0.29) is 16.7 Å². The van der Waals surface area contributed by atoms with Gasteiger partial charge in [0.1, 0.15) is 0 Å². The molecule has 0 unspecified atom stereocenters. The SMILES string of the molecule is Cc1ccc(S(=O)(=O)Nc2ccc(NC(=O)C(C)C)cc2)cc1. The third kappa shape index (κ3) is 4.56. The molecule has 0 bridgehead atoms. The second-order valence-corrected chi connectivity index (χ2v) is 7.32. The number of benzene rings is 2. The van der Waals surface area contributed by atoms with Crippen molar-refractivity contribution in [3.8, 4) is 0 Å². The largest absolute Gasteiger partial charge is 0.326 e. The van der Waals surface area contributed by atoms with E-state index in [0.717, 1.165) is 5.56 Å². The molecule has 0 saturated heterocycles. The summed E-state index contributed by atoms with van der Waals surface area (Å²) in [5.74, 6) is -0.201. The summed E-state index contributed by atoms with van der Waals surface area (Å²) >= 11 is 0. The van der Waals surface area contributed by atoms with E-state index in [1.165, 1.54) is 0 Å². The average molecular weight is 332 g/mol. The number of hydrogen-bond donors (Lipinski definition) is 2. The highest BCUT2D eigenvalue weighted by atomic mass is 32.2. The second kappa shape index (κ2) is 6.83. The van der Waals surface area contributed by atoms with E-state index >= 15 is 0 Å². The number of rotatable bonds is 5. The molecule has 122 valence electrons. The molecule has 0 saturated carbocycles. The van der Waals surface area contributed by atoms with Gasteiger partial charge in [-0.25, -0.2) is 8.42 Å². The maximum atomic E-state index is 12.3.